The molecule has 3 aromatic carbocycles. The van der Waals surface area contributed by atoms with Crippen LogP contribution >= 0.6 is 0 Å². The van der Waals surface area contributed by atoms with Crippen LogP contribution in [0, 0.1) is 25.3 Å². The molecule has 0 aromatic heterocycles. The molecule has 13 nitrogen and oxygen atoms in total. The predicted octanol–water partition coefficient (Wildman–Crippen LogP) is 4.06. The first-order valence-corrected chi connectivity index (χ1v) is 23.6. The van der Waals surface area contributed by atoms with Crippen molar-refractivity contribution < 1.29 is 86.1 Å². The van der Waals surface area contributed by atoms with Gasteiger partial charge in [-0.2, -0.15) is 8.42 Å². The second-order valence-corrected chi connectivity index (χ2v) is 16.9. The first-order valence-electron chi connectivity index (χ1n) is 22.2. The van der Waals surface area contributed by atoms with Crippen molar-refractivity contribution in [1.82, 2.24) is 0 Å². The molecule has 1 unspecified atom stereocenters. The number of aryl methyl sites for hydroxylation is 1. The van der Waals surface area contributed by atoms with Crippen molar-refractivity contribution >= 4 is 80.1 Å². The number of hydrogen-bond acceptors (Lipinski definition) is 11. The Morgan fingerprint density at radius 2 is 1.00 bits per heavy atom. The Bertz CT molecular complexity index is 1900. The van der Waals surface area contributed by atoms with Gasteiger partial charge in [0.15, 0.2) is 0 Å². The summed E-state index contributed by atoms with van der Waals surface area (Å²) in [6.07, 6.45) is 8.48. The van der Waals surface area contributed by atoms with E-state index in [1.165, 1.54) is 61.4 Å². The molecule has 1 fully saturated rings. The van der Waals surface area contributed by atoms with Crippen LogP contribution in [0.3, 0.4) is 0 Å². The first-order chi connectivity index (χ1) is 32.1. The van der Waals surface area contributed by atoms with Crippen molar-refractivity contribution in [3.05, 3.63) is 165 Å². The molecular weight excluding hydrogens is 1010 g/mol. The van der Waals surface area contributed by atoms with Gasteiger partial charge in [0.2, 0.25) is 12.2 Å². The minimum atomic E-state index is -3.65. The second-order valence-electron chi connectivity index (χ2n) is 15.3. The number of carbonyl (C=O) groups excluding carboxylic acids is 2. The summed E-state index contributed by atoms with van der Waals surface area (Å²) in [5, 5.41) is 28.5. The van der Waals surface area contributed by atoms with E-state index in [4.69, 9.17) is 18.4 Å². The van der Waals surface area contributed by atoms with Crippen molar-refractivity contribution in [1.29, 1.82) is 0 Å². The smallest absolute Gasteiger partial charge is 1.00 e. The summed E-state index contributed by atoms with van der Waals surface area (Å²) in [4.78, 5) is 47.0. The number of hydrogen-bond donors (Lipinski definition) is 2. The third kappa shape index (κ3) is 43.7. The van der Waals surface area contributed by atoms with E-state index in [2.05, 4.69) is 74.1 Å². The average Bonchev–Trinajstić information content (AvgIpc) is 4.11. The van der Waals surface area contributed by atoms with E-state index in [-0.39, 0.29) is 93.0 Å². The number of benzene rings is 3. The predicted molar refractivity (Wildman–Crippen MR) is 280 cm³/mol. The van der Waals surface area contributed by atoms with Crippen molar-refractivity contribution in [2.45, 2.75) is 129 Å². The van der Waals surface area contributed by atoms with Crippen LogP contribution in [0.5, 0.6) is 0 Å². The number of allylic oxidation sites excluding steroid dienone is 2. The first kappa shape index (κ1) is 82.2. The molecular formula is C54H76Cl2Mg2O13S. The number of halogens is 2. The Hall–Kier alpha value is -3.82. The van der Waals surface area contributed by atoms with Gasteiger partial charge in [0.05, 0.1) is 34.8 Å². The van der Waals surface area contributed by atoms with Crippen molar-refractivity contribution in [3.63, 3.8) is 0 Å². The Labute approximate surface area is 475 Å². The molecule has 0 radical (unpaired) electrons. The van der Waals surface area contributed by atoms with Crippen LogP contribution in [0.4, 0.5) is 0 Å². The van der Waals surface area contributed by atoms with Crippen LogP contribution in [0.1, 0.15) is 113 Å². The maximum atomic E-state index is 12.0. The van der Waals surface area contributed by atoms with E-state index >= 15 is 0 Å². The van der Waals surface area contributed by atoms with E-state index in [0.717, 1.165) is 36.8 Å². The van der Waals surface area contributed by atoms with E-state index in [9.17, 15) is 42.9 Å². The molecule has 4 rings (SSSR count). The fraction of sp³-hybridized carbons (Fsp3) is 0.407. The van der Waals surface area contributed by atoms with Gasteiger partial charge in [0.25, 0.3) is 10.1 Å². The molecule has 72 heavy (non-hydrogen) atoms. The number of aliphatic carboxylic acids is 2. The zero-order valence-electron chi connectivity index (χ0n) is 43.5. The van der Waals surface area contributed by atoms with Gasteiger partial charge in [0, 0.05) is 0 Å². The zero-order valence-corrected chi connectivity index (χ0v) is 48.6. The number of carboxylic acid groups (broad SMARTS) is 2. The van der Waals surface area contributed by atoms with Crippen LogP contribution < -0.4 is 29.9 Å². The average molecular weight is 1080 g/mol. The fourth-order valence-electron chi connectivity index (χ4n) is 4.48. The molecule has 0 saturated carbocycles. The third-order valence-corrected chi connectivity index (χ3v) is 10.3. The van der Waals surface area contributed by atoms with Gasteiger partial charge in [0.1, 0.15) is 0 Å². The standard InChI is InChI=1S/C18H14O8.C12H16O3S.2C7H14.C5H9O.C3H6O.C2H3.2ClH.2Mg/c19-15(20)13(25-17(23)11-7-3-1-4-8-11)14(16(21)22)26-18(24)12-9-5-2-6-10-12;1-4-5-11(3)15-16(13,14)12-8-6-10(2)7-9-12;2*1-4-6-7(3)5-2;1-3-4-5(2)6;1-3-2-4-3;1-2;;;;/h1-10,13-14H,(H,19,20)(H,21,22);4,6-9,11H,1,5H2,2-3H3;2*4,7H,1,5-6H2,2-3H3;3,5H,1,4H2,2H3;3H,2H2,1H3;1H,2H2;2*1H;;/q;;;;-1;;-1;;;2*+2/p-2/t13-,14?;11-;2*7-;5-;3-;;;;;/m111111...../s1. The van der Waals surface area contributed by atoms with Crippen LogP contribution in [0.15, 0.2) is 147 Å². The Kier molecular flexibility index (Phi) is 57.9. The monoisotopic (exact) mass is 1080 g/mol. The van der Waals surface area contributed by atoms with Crippen LogP contribution in [0.25, 0.3) is 0 Å². The van der Waals surface area contributed by atoms with Crippen molar-refractivity contribution in [2.24, 2.45) is 11.8 Å². The largest absolute Gasteiger partial charge is 2.00 e. The number of carbonyl (C=O) groups is 4. The summed E-state index contributed by atoms with van der Waals surface area (Å²) in [5.74, 6) is -3.97. The van der Waals surface area contributed by atoms with Gasteiger partial charge in [-0.15, -0.1) is 32.4 Å². The number of rotatable bonds is 20. The molecule has 0 amide bonds. The maximum Gasteiger partial charge on any atom is 2.00 e. The van der Waals surface area contributed by atoms with E-state index in [1.807, 2.05) is 19.1 Å². The maximum absolute atomic E-state index is 12.0. The number of esters is 2. The topological polar surface area (TPSA) is 206 Å². The number of epoxide rings is 1. The number of carboxylic acids is 2. The van der Waals surface area contributed by atoms with Gasteiger partial charge >= 0.3 is 70.0 Å². The quantitative estimate of drug-likeness (QED) is 0.0410. The molecule has 1 aliphatic heterocycles. The van der Waals surface area contributed by atoms with Crippen LogP contribution in [-0.4, -0.2) is 126 Å². The molecule has 394 valence electrons. The second kappa shape index (κ2) is 50.7. The molecule has 1 aliphatic rings. The van der Waals surface area contributed by atoms with Crippen LogP contribution in [0.2, 0.25) is 0 Å². The molecule has 1 heterocycles. The van der Waals surface area contributed by atoms with E-state index in [1.54, 1.807) is 62.4 Å². The normalized spacial score (nSPS) is 13.5. The summed E-state index contributed by atoms with van der Waals surface area (Å²) in [5.41, 5.74) is 1.06. The SMILES string of the molecule is C=CC[C@@H](C)OS(=O)(=O)c1ccc(C)cc1.C=CC[C@@H](C)[O-].C=CC[C@H](C)CC.C=CC[C@H](C)CC.C[C@@H]1CO1.O=C(OC(C(=O)O)[C@@H](OC(=O)c1ccccc1)C(=O)O)c1ccccc1.[CH-]=C.[Cl-].[Cl-].[Mg+2].[Mg+2]. The third-order valence-electron chi connectivity index (χ3n) is 8.88. The van der Waals surface area contributed by atoms with E-state index in [0.29, 0.717) is 18.9 Å². The van der Waals surface area contributed by atoms with E-state index < -0.39 is 52.3 Å². The van der Waals surface area contributed by atoms with Crippen molar-refractivity contribution in [2.75, 3.05) is 6.61 Å². The molecule has 0 spiro atoms. The number of ether oxygens (including phenoxy) is 3. The Morgan fingerprint density at radius 3 is 1.22 bits per heavy atom. The summed E-state index contributed by atoms with van der Waals surface area (Å²) in [7, 11) is -3.65. The summed E-state index contributed by atoms with van der Waals surface area (Å²) in [6, 6.07) is 21.4. The van der Waals surface area contributed by atoms with Gasteiger partial charge < -0.3 is 60.9 Å². The summed E-state index contributed by atoms with van der Waals surface area (Å²) < 4.78 is 42.8. The summed E-state index contributed by atoms with van der Waals surface area (Å²) in [6.45, 7) is 38.4. The molecule has 0 bridgehead atoms. The minimum absolute atomic E-state index is 0. The molecule has 7 atom stereocenters. The zero-order chi connectivity index (χ0) is 52.7. The molecule has 18 heteroatoms. The molecule has 2 N–H and O–H groups in total. The van der Waals surface area contributed by atoms with Gasteiger partial charge in [-0.1, -0.05) is 126 Å². The molecule has 3 aromatic rings. The van der Waals surface area contributed by atoms with Gasteiger partial charge in [-0.3, -0.25) is 10.8 Å². The van der Waals surface area contributed by atoms with Crippen LogP contribution in [-0.2, 0) is 38.1 Å². The molecule has 0 aliphatic carbocycles. The minimum Gasteiger partial charge on any atom is -1.00 e. The fourth-order valence-corrected chi connectivity index (χ4v) is 5.57. The molecule has 1 saturated heterocycles. The van der Waals surface area contributed by atoms with Crippen molar-refractivity contribution in [3.8, 4) is 0 Å². The van der Waals surface area contributed by atoms with Gasteiger partial charge in [-0.05, 0) is 94.7 Å². The Balaban J connectivity index is -0.000000157. The Morgan fingerprint density at radius 1 is 0.681 bits per heavy atom. The van der Waals surface area contributed by atoms with Gasteiger partial charge in [-0.25, -0.2) is 19.2 Å². The summed E-state index contributed by atoms with van der Waals surface area (Å²) >= 11 is 0.